The first kappa shape index (κ1) is 12.1. The van der Waals surface area contributed by atoms with E-state index < -0.39 is 6.29 Å². The topological polar surface area (TPSA) is 55.8 Å². The van der Waals surface area contributed by atoms with Gasteiger partial charge in [0.15, 0.2) is 6.29 Å². The van der Waals surface area contributed by atoms with Gasteiger partial charge in [-0.15, -0.1) is 0 Å². The van der Waals surface area contributed by atoms with Gasteiger partial charge >= 0.3 is 0 Å². The van der Waals surface area contributed by atoms with Crippen molar-refractivity contribution >= 4 is 11.8 Å². The van der Waals surface area contributed by atoms with Crippen LogP contribution in [0.3, 0.4) is 0 Å². The highest BCUT2D eigenvalue weighted by molar-refractivity contribution is 6.21. The summed E-state index contributed by atoms with van der Waals surface area (Å²) >= 11 is 0. The van der Waals surface area contributed by atoms with E-state index >= 15 is 0 Å². The highest BCUT2D eigenvalue weighted by atomic mass is 16.7. The van der Waals surface area contributed by atoms with Crippen molar-refractivity contribution < 1.29 is 19.1 Å². The number of carbonyl (C=O) groups excluding carboxylic acids is 2. The second-order valence-electron chi connectivity index (χ2n) is 4.45. The Hall–Kier alpha value is -1.98. The summed E-state index contributed by atoms with van der Waals surface area (Å²) < 4.78 is 10.7. The van der Waals surface area contributed by atoms with Crippen LogP contribution in [0.2, 0.25) is 0 Å². The van der Waals surface area contributed by atoms with Gasteiger partial charge in [0.05, 0.1) is 30.4 Å². The molecule has 2 heterocycles. The number of amides is 2. The predicted molar refractivity (Wildman–Crippen MR) is 66.6 cm³/mol. The van der Waals surface area contributed by atoms with Crippen LogP contribution in [0, 0.1) is 0 Å². The number of ether oxygens (including phenoxy) is 2. The number of benzene rings is 1. The molecule has 2 amide bonds. The monoisotopic (exact) mass is 259 g/mol. The maximum absolute atomic E-state index is 12.2. The lowest BCUT2D eigenvalue weighted by molar-refractivity contribution is -0.171. The summed E-state index contributed by atoms with van der Waals surface area (Å²) in [6.07, 6.45) is 1.07. The second-order valence-corrected chi connectivity index (χ2v) is 4.45. The Morgan fingerprint density at radius 3 is 2.11 bits per heavy atom. The highest BCUT2D eigenvalue weighted by Gasteiger charge is 2.41. The molecule has 2 aliphatic heterocycles. The SMILES string of the molecule is C=CC1OCC(N2C(=O)c3ccccc3C2=O)CO1. The van der Waals surface area contributed by atoms with E-state index in [-0.39, 0.29) is 31.1 Å². The third-order valence-corrected chi connectivity index (χ3v) is 3.29. The molecule has 0 aliphatic carbocycles. The van der Waals surface area contributed by atoms with Gasteiger partial charge in [0.2, 0.25) is 0 Å². The number of hydrogen-bond acceptors (Lipinski definition) is 4. The van der Waals surface area contributed by atoms with Crippen LogP contribution < -0.4 is 0 Å². The van der Waals surface area contributed by atoms with Gasteiger partial charge in [0, 0.05) is 0 Å². The van der Waals surface area contributed by atoms with E-state index in [1.54, 1.807) is 30.3 Å². The van der Waals surface area contributed by atoms with Gasteiger partial charge in [-0.05, 0) is 18.2 Å². The first-order chi connectivity index (χ1) is 9.22. The minimum absolute atomic E-state index is 0.266. The zero-order valence-electron chi connectivity index (χ0n) is 10.2. The van der Waals surface area contributed by atoms with Gasteiger partial charge in [0.25, 0.3) is 11.8 Å². The molecule has 0 unspecified atom stereocenters. The van der Waals surface area contributed by atoms with Crippen LogP contribution in [0.1, 0.15) is 20.7 Å². The Kier molecular flexibility index (Phi) is 2.93. The third-order valence-electron chi connectivity index (χ3n) is 3.29. The van der Waals surface area contributed by atoms with Crippen molar-refractivity contribution in [2.75, 3.05) is 13.2 Å². The number of hydrogen-bond donors (Lipinski definition) is 0. The minimum Gasteiger partial charge on any atom is -0.347 e. The van der Waals surface area contributed by atoms with Gasteiger partial charge < -0.3 is 9.47 Å². The molecule has 2 aliphatic rings. The zero-order chi connectivity index (χ0) is 13.4. The van der Waals surface area contributed by atoms with Gasteiger partial charge in [-0.3, -0.25) is 14.5 Å². The predicted octanol–water partition coefficient (Wildman–Crippen LogP) is 1.21. The Morgan fingerprint density at radius 2 is 1.63 bits per heavy atom. The van der Waals surface area contributed by atoms with Crippen LogP contribution in [0.25, 0.3) is 0 Å². The first-order valence-electron chi connectivity index (χ1n) is 6.05. The number of nitrogens with zero attached hydrogens (tertiary/aromatic N) is 1. The molecule has 0 radical (unpaired) electrons. The highest BCUT2D eigenvalue weighted by Crippen LogP contribution is 2.26. The Balaban J connectivity index is 1.83. The molecule has 1 fully saturated rings. The van der Waals surface area contributed by atoms with E-state index in [4.69, 9.17) is 9.47 Å². The lowest BCUT2D eigenvalue weighted by atomic mass is 10.1. The molecule has 0 saturated carbocycles. The van der Waals surface area contributed by atoms with Crippen LogP contribution in [0.5, 0.6) is 0 Å². The van der Waals surface area contributed by atoms with E-state index in [1.807, 2.05) is 0 Å². The largest absolute Gasteiger partial charge is 0.347 e. The van der Waals surface area contributed by atoms with Crippen LogP contribution >= 0.6 is 0 Å². The molecular weight excluding hydrogens is 246 g/mol. The van der Waals surface area contributed by atoms with Crippen molar-refractivity contribution in [3.8, 4) is 0 Å². The quantitative estimate of drug-likeness (QED) is 0.591. The Bertz CT molecular complexity index is 511. The molecule has 98 valence electrons. The molecule has 3 rings (SSSR count). The normalized spacial score (nSPS) is 26.4. The maximum Gasteiger partial charge on any atom is 0.261 e. The van der Waals surface area contributed by atoms with Crippen molar-refractivity contribution in [3.05, 3.63) is 48.0 Å². The van der Waals surface area contributed by atoms with Crippen molar-refractivity contribution in [1.82, 2.24) is 4.90 Å². The van der Waals surface area contributed by atoms with Crippen LogP contribution in [0.4, 0.5) is 0 Å². The van der Waals surface area contributed by atoms with Crippen LogP contribution in [0.15, 0.2) is 36.9 Å². The molecule has 0 bridgehead atoms. The fourth-order valence-corrected chi connectivity index (χ4v) is 2.33. The Labute approximate surface area is 110 Å². The second kappa shape index (κ2) is 4.60. The van der Waals surface area contributed by atoms with E-state index in [2.05, 4.69) is 6.58 Å². The molecule has 1 aromatic rings. The van der Waals surface area contributed by atoms with Gasteiger partial charge in [0.1, 0.15) is 0 Å². The average molecular weight is 259 g/mol. The fraction of sp³-hybridized carbons (Fsp3) is 0.286. The number of rotatable bonds is 2. The summed E-state index contributed by atoms with van der Waals surface area (Å²) in [5.41, 5.74) is 0.886. The van der Waals surface area contributed by atoms with Crippen LogP contribution in [-0.2, 0) is 9.47 Å². The van der Waals surface area contributed by atoms with Gasteiger partial charge in [-0.25, -0.2) is 0 Å². The van der Waals surface area contributed by atoms with Gasteiger partial charge in [-0.2, -0.15) is 0 Å². The Morgan fingerprint density at radius 1 is 1.11 bits per heavy atom. The van der Waals surface area contributed by atoms with Crippen molar-refractivity contribution in [2.24, 2.45) is 0 Å². The van der Waals surface area contributed by atoms with Crippen LogP contribution in [-0.4, -0.2) is 42.3 Å². The average Bonchev–Trinajstić information content (AvgIpc) is 2.72. The molecule has 0 aromatic heterocycles. The summed E-state index contributed by atoms with van der Waals surface area (Å²) in [5, 5.41) is 0. The zero-order valence-corrected chi connectivity index (χ0v) is 10.2. The molecule has 0 N–H and O–H groups in total. The molecule has 0 atom stereocenters. The molecule has 5 nitrogen and oxygen atoms in total. The lowest BCUT2D eigenvalue weighted by Gasteiger charge is -2.32. The first-order valence-corrected chi connectivity index (χ1v) is 6.05. The van der Waals surface area contributed by atoms with Crippen molar-refractivity contribution in [1.29, 1.82) is 0 Å². The standard InChI is InChI=1S/C14H13NO4/c1-2-12-18-7-9(8-19-12)15-13(16)10-5-3-4-6-11(10)14(15)17/h2-6,9,12H,1,7-8H2. The molecule has 0 spiro atoms. The summed E-state index contributed by atoms with van der Waals surface area (Å²) in [6, 6.07) is 6.42. The summed E-state index contributed by atoms with van der Waals surface area (Å²) in [6.45, 7) is 4.10. The number of fused-ring (bicyclic) bond motifs is 1. The minimum atomic E-state index is -0.466. The third kappa shape index (κ3) is 1.87. The van der Waals surface area contributed by atoms with E-state index in [9.17, 15) is 9.59 Å². The van der Waals surface area contributed by atoms with Crippen molar-refractivity contribution in [2.45, 2.75) is 12.3 Å². The molecular formula is C14H13NO4. The molecule has 1 saturated heterocycles. The fourth-order valence-electron chi connectivity index (χ4n) is 2.33. The number of imide groups is 1. The summed E-state index contributed by atoms with van der Waals surface area (Å²) in [7, 11) is 0. The van der Waals surface area contributed by atoms with E-state index in [1.165, 1.54) is 4.90 Å². The maximum atomic E-state index is 12.2. The molecule has 1 aromatic carbocycles. The summed E-state index contributed by atoms with van der Waals surface area (Å²) in [5.74, 6) is -0.565. The smallest absolute Gasteiger partial charge is 0.261 e. The lowest BCUT2D eigenvalue weighted by Crippen LogP contribution is -2.49. The van der Waals surface area contributed by atoms with Crippen molar-refractivity contribution in [3.63, 3.8) is 0 Å². The van der Waals surface area contributed by atoms with Gasteiger partial charge in [-0.1, -0.05) is 18.7 Å². The number of carbonyl (C=O) groups is 2. The van der Waals surface area contributed by atoms with E-state index in [0.29, 0.717) is 11.1 Å². The molecule has 5 heteroatoms. The van der Waals surface area contributed by atoms with E-state index in [0.717, 1.165) is 0 Å². The summed E-state index contributed by atoms with van der Waals surface area (Å²) in [4.78, 5) is 25.7. The molecule has 19 heavy (non-hydrogen) atoms.